The van der Waals surface area contributed by atoms with Crippen molar-refractivity contribution in [3.8, 4) is 0 Å². The van der Waals surface area contributed by atoms with E-state index in [1.54, 1.807) is 7.11 Å². The Morgan fingerprint density at radius 2 is 2.56 bits per heavy atom. The Labute approximate surface area is 54.5 Å². The predicted molar refractivity (Wildman–Crippen MR) is 33.0 cm³/mol. The van der Waals surface area contributed by atoms with Crippen LogP contribution in [-0.2, 0) is 9.47 Å². The molecule has 2 rings (SSSR count). The maximum absolute atomic E-state index is 5.33. The van der Waals surface area contributed by atoms with E-state index in [9.17, 15) is 0 Å². The fraction of sp³-hybridized carbons (Fsp3) is 0.714. The second-order valence-electron chi connectivity index (χ2n) is 2.53. The van der Waals surface area contributed by atoms with Gasteiger partial charge in [0, 0.05) is 13.5 Å². The molecule has 2 atom stereocenters. The van der Waals surface area contributed by atoms with Gasteiger partial charge in [0.15, 0.2) is 5.79 Å². The molecule has 50 valence electrons. The second kappa shape index (κ2) is 1.58. The molecule has 2 unspecified atom stereocenters. The van der Waals surface area contributed by atoms with Crippen LogP contribution in [0.4, 0.5) is 0 Å². The summed E-state index contributed by atoms with van der Waals surface area (Å²) in [6.07, 6.45) is 6.57. The first kappa shape index (κ1) is 5.45. The molecule has 0 radical (unpaired) electrons. The monoisotopic (exact) mass is 126 g/mol. The maximum Gasteiger partial charge on any atom is 0.198 e. The molecule has 1 aliphatic carbocycles. The van der Waals surface area contributed by atoms with Crippen LogP contribution in [0.15, 0.2) is 12.2 Å². The molecule has 0 aromatic carbocycles. The summed E-state index contributed by atoms with van der Waals surface area (Å²) < 4.78 is 10.5. The lowest BCUT2D eigenvalue weighted by Crippen LogP contribution is -2.18. The van der Waals surface area contributed by atoms with Crippen molar-refractivity contribution < 1.29 is 9.47 Å². The zero-order valence-electron chi connectivity index (χ0n) is 5.46. The average Bonchev–Trinajstić information content (AvgIpc) is 2.62. The molecule has 2 nitrogen and oxygen atoms in total. The van der Waals surface area contributed by atoms with E-state index in [0.29, 0.717) is 6.10 Å². The van der Waals surface area contributed by atoms with Crippen LogP contribution in [-0.4, -0.2) is 19.0 Å². The number of fused-ring (bicyclic) bond motifs is 1. The van der Waals surface area contributed by atoms with Crippen molar-refractivity contribution >= 4 is 0 Å². The molecule has 0 aromatic rings. The molecular weight excluding hydrogens is 116 g/mol. The zero-order valence-corrected chi connectivity index (χ0v) is 5.46. The van der Waals surface area contributed by atoms with Crippen LogP contribution in [0.3, 0.4) is 0 Å². The fourth-order valence-corrected chi connectivity index (χ4v) is 1.34. The van der Waals surface area contributed by atoms with Crippen LogP contribution in [0.1, 0.15) is 12.8 Å². The van der Waals surface area contributed by atoms with Crippen LogP contribution in [0.2, 0.25) is 0 Å². The molecule has 1 fully saturated rings. The summed E-state index contributed by atoms with van der Waals surface area (Å²) in [7, 11) is 1.71. The smallest absolute Gasteiger partial charge is 0.198 e. The van der Waals surface area contributed by atoms with Crippen LogP contribution in [0.5, 0.6) is 0 Å². The van der Waals surface area contributed by atoms with Gasteiger partial charge in [-0.25, -0.2) is 0 Å². The van der Waals surface area contributed by atoms with Crippen molar-refractivity contribution in [1.82, 2.24) is 0 Å². The molecule has 0 saturated carbocycles. The molecule has 1 aliphatic heterocycles. The summed E-state index contributed by atoms with van der Waals surface area (Å²) in [5, 5.41) is 0. The lowest BCUT2D eigenvalue weighted by Gasteiger charge is -2.09. The van der Waals surface area contributed by atoms with Crippen molar-refractivity contribution in [3.05, 3.63) is 12.2 Å². The highest BCUT2D eigenvalue weighted by Gasteiger charge is 2.56. The van der Waals surface area contributed by atoms with E-state index < -0.39 is 0 Å². The molecule has 1 saturated heterocycles. The van der Waals surface area contributed by atoms with E-state index in [2.05, 4.69) is 12.2 Å². The standard InChI is InChI=1S/C7H10O2/c1-8-7-5-3-2-4-6(7)9-7/h2-3,6H,4-5H2,1H3. The van der Waals surface area contributed by atoms with Gasteiger partial charge in [-0.2, -0.15) is 0 Å². The molecule has 0 bridgehead atoms. The molecule has 2 aliphatic rings. The first-order valence-corrected chi connectivity index (χ1v) is 3.25. The SMILES string of the molecule is COC12CC=CCC1O2. The van der Waals surface area contributed by atoms with Gasteiger partial charge in [0.25, 0.3) is 0 Å². The van der Waals surface area contributed by atoms with Crippen molar-refractivity contribution in [1.29, 1.82) is 0 Å². The summed E-state index contributed by atoms with van der Waals surface area (Å²) >= 11 is 0. The van der Waals surface area contributed by atoms with Crippen molar-refractivity contribution in [2.24, 2.45) is 0 Å². The third kappa shape index (κ3) is 0.635. The average molecular weight is 126 g/mol. The molecule has 2 heteroatoms. The van der Waals surface area contributed by atoms with Crippen molar-refractivity contribution in [2.75, 3.05) is 7.11 Å². The number of epoxide rings is 1. The van der Waals surface area contributed by atoms with Gasteiger partial charge in [0.2, 0.25) is 0 Å². The first-order valence-electron chi connectivity index (χ1n) is 3.25. The topological polar surface area (TPSA) is 21.8 Å². The van der Waals surface area contributed by atoms with Gasteiger partial charge in [-0.05, 0) is 6.42 Å². The Balaban J connectivity index is 2.11. The van der Waals surface area contributed by atoms with E-state index in [4.69, 9.17) is 9.47 Å². The quantitative estimate of drug-likeness (QED) is 0.387. The highest BCUT2D eigenvalue weighted by molar-refractivity contribution is 5.09. The van der Waals surface area contributed by atoms with E-state index in [-0.39, 0.29) is 5.79 Å². The zero-order chi connectivity index (χ0) is 6.32. The maximum atomic E-state index is 5.33. The van der Waals surface area contributed by atoms with Crippen LogP contribution in [0.25, 0.3) is 0 Å². The largest absolute Gasteiger partial charge is 0.351 e. The van der Waals surface area contributed by atoms with E-state index in [1.165, 1.54) is 0 Å². The number of methoxy groups -OCH3 is 1. The van der Waals surface area contributed by atoms with Crippen molar-refractivity contribution in [3.63, 3.8) is 0 Å². The lowest BCUT2D eigenvalue weighted by molar-refractivity contribution is -0.00773. The summed E-state index contributed by atoms with van der Waals surface area (Å²) in [6.45, 7) is 0. The third-order valence-corrected chi connectivity index (χ3v) is 2.04. The highest BCUT2D eigenvalue weighted by atomic mass is 16.8. The molecule has 9 heavy (non-hydrogen) atoms. The van der Waals surface area contributed by atoms with Gasteiger partial charge in [-0.15, -0.1) is 0 Å². The minimum Gasteiger partial charge on any atom is -0.351 e. The molecule has 1 heterocycles. The Morgan fingerprint density at radius 3 is 3.11 bits per heavy atom. The molecule has 0 aromatic heterocycles. The Kier molecular flexibility index (Phi) is 0.957. The first-order chi connectivity index (χ1) is 4.37. The van der Waals surface area contributed by atoms with Gasteiger partial charge in [-0.1, -0.05) is 12.2 Å². The van der Waals surface area contributed by atoms with E-state index in [0.717, 1.165) is 12.8 Å². The van der Waals surface area contributed by atoms with Gasteiger partial charge in [0.05, 0.1) is 0 Å². The Bertz CT molecular complexity index is 153. The van der Waals surface area contributed by atoms with Gasteiger partial charge >= 0.3 is 0 Å². The molecule has 0 N–H and O–H groups in total. The van der Waals surface area contributed by atoms with Crippen LogP contribution < -0.4 is 0 Å². The van der Waals surface area contributed by atoms with E-state index in [1.807, 2.05) is 0 Å². The number of hydrogen-bond donors (Lipinski definition) is 0. The predicted octanol–water partition coefficient (Wildman–Crippen LogP) is 1.08. The van der Waals surface area contributed by atoms with Gasteiger partial charge in [-0.3, -0.25) is 0 Å². The fourth-order valence-electron chi connectivity index (χ4n) is 1.34. The third-order valence-electron chi connectivity index (χ3n) is 2.04. The van der Waals surface area contributed by atoms with Crippen LogP contribution >= 0.6 is 0 Å². The number of hydrogen-bond acceptors (Lipinski definition) is 2. The molecule has 0 spiro atoms. The minimum absolute atomic E-state index is 0.200. The normalized spacial score (nSPS) is 46.6. The van der Waals surface area contributed by atoms with E-state index >= 15 is 0 Å². The Hall–Kier alpha value is -0.340. The van der Waals surface area contributed by atoms with Crippen molar-refractivity contribution in [2.45, 2.75) is 24.7 Å². The second-order valence-corrected chi connectivity index (χ2v) is 2.53. The van der Waals surface area contributed by atoms with Gasteiger partial charge in [0.1, 0.15) is 6.10 Å². The summed E-state index contributed by atoms with van der Waals surface area (Å²) in [6, 6.07) is 0. The lowest BCUT2D eigenvalue weighted by atomic mass is 10.1. The van der Waals surface area contributed by atoms with Crippen LogP contribution in [0, 0.1) is 0 Å². The molecular formula is C7H10O2. The summed E-state index contributed by atoms with van der Waals surface area (Å²) in [5.74, 6) is -0.200. The highest BCUT2D eigenvalue weighted by Crippen LogP contribution is 2.45. The summed E-state index contributed by atoms with van der Waals surface area (Å²) in [5.41, 5.74) is 0. The minimum atomic E-state index is -0.200. The molecule has 0 amide bonds. The summed E-state index contributed by atoms with van der Waals surface area (Å²) in [4.78, 5) is 0. The van der Waals surface area contributed by atoms with Gasteiger partial charge < -0.3 is 9.47 Å². The Morgan fingerprint density at radius 1 is 1.67 bits per heavy atom. The number of ether oxygens (including phenoxy) is 2. The number of rotatable bonds is 1.